The number of nitrogens with one attached hydrogen (secondary N) is 1. The van der Waals surface area contributed by atoms with Gasteiger partial charge in [0, 0.05) is 16.3 Å². The molecule has 0 atom stereocenters. The summed E-state index contributed by atoms with van der Waals surface area (Å²) in [6, 6.07) is 16.1. The van der Waals surface area contributed by atoms with Crippen LogP contribution in [0.15, 0.2) is 57.8 Å². The van der Waals surface area contributed by atoms with Gasteiger partial charge in [-0.15, -0.1) is 0 Å². The predicted octanol–water partition coefficient (Wildman–Crippen LogP) is 2.67. The first-order valence-corrected chi connectivity index (χ1v) is 9.98. The third-order valence-corrected chi connectivity index (χ3v) is 5.43. The second kappa shape index (κ2) is 8.60. The molecule has 0 saturated carbocycles. The van der Waals surface area contributed by atoms with Gasteiger partial charge in [0.1, 0.15) is 0 Å². The van der Waals surface area contributed by atoms with Gasteiger partial charge >= 0.3 is 0 Å². The molecule has 1 N–H and O–H groups in total. The molecule has 1 aromatic heterocycles. The smallest absolute Gasteiger partial charge is 0.274 e. The first-order valence-electron chi connectivity index (χ1n) is 9.19. The van der Waals surface area contributed by atoms with Gasteiger partial charge in [0.05, 0.1) is 37.3 Å². The summed E-state index contributed by atoms with van der Waals surface area (Å²) in [7, 11) is 0. The van der Waals surface area contributed by atoms with Gasteiger partial charge in [-0.1, -0.05) is 46.3 Å². The number of nitrogens with zero attached hydrogens (tertiary/aromatic N) is 2. The van der Waals surface area contributed by atoms with Crippen molar-refractivity contribution in [3.05, 3.63) is 74.6 Å². The van der Waals surface area contributed by atoms with Crippen LogP contribution in [0, 0.1) is 0 Å². The molecule has 136 valence electrons. The number of aromatic nitrogens is 2. The minimum Gasteiger partial charge on any atom is -0.334 e. The van der Waals surface area contributed by atoms with Crippen molar-refractivity contribution < 1.29 is 4.90 Å². The highest BCUT2D eigenvalue weighted by molar-refractivity contribution is 9.10. The number of halogens is 1. The van der Waals surface area contributed by atoms with Crippen LogP contribution in [-0.4, -0.2) is 29.4 Å². The quantitative estimate of drug-likeness (QED) is 0.645. The molecule has 0 amide bonds. The Morgan fingerprint density at radius 1 is 1.00 bits per heavy atom. The molecule has 26 heavy (non-hydrogen) atoms. The van der Waals surface area contributed by atoms with Gasteiger partial charge in [-0.25, -0.2) is 4.68 Å². The molecule has 0 aliphatic heterocycles. The van der Waals surface area contributed by atoms with Crippen molar-refractivity contribution in [2.75, 3.05) is 19.6 Å². The molecular formula is C21H25BrN3O+. The second-order valence-electron chi connectivity index (χ2n) is 6.53. The molecule has 2 aromatic carbocycles. The molecule has 5 heteroatoms. The standard InChI is InChI=1S/C21H24BrN3O/c1-3-24(4-2)13-14-25-21(26)19-8-6-5-7-18(19)20(23-25)15-16-9-11-17(22)12-10-16/h5-12H,3-4,13-15H2,1-2H3/p+1. The molecule has 0 bridgehead atoms. The van der Waals surface area contributed by atoms with Gasteiger partial charge in [0.15, 0.2) is 0 Å². The lowest BCUT2D eigenvalue weighted by Crippen LogP contribution is -3.11. The van der Waals surface area contributed by atoms with Gasteiger partial charge in [-0.3, -0.25) is 4.79 Å². The molecule has 0 unspecified atom stereocenters. The summed E-state index contributed by atoms with van der Waals surface area (Å²) in [6.45, 7) is 8.03. The first-order chi connectivity index (χ1) is 12.6. The van der Waals surface area contributed by atoms with E-state index in [-0.39, 0.29) is 5.56 Å². The van der Waals surface area contributed by atoms with Gasteiger partial charge < -0.3 is 4.90 Å². The van der Waals surface area contributed by atoms with Crippen LogP contribution in [0.1, 0.15) is 25.1 Å². The number of quaternary nitrogens is 1. The third-order valence-electron chi connectivity index (χ3n) is 4.91. The SMILES string of the molecule is CC[NH+](CC)CCn1nc(Cc2ccc(Br)cc2)c2ccccc2c1=O. The fourth-order valence-corrected chi connectivity index (χ4v) is 3.51. The molecule has 0 spiro atoms. The van der Waals surface area contributed by atoms with Crippen LogP contribution in [0.5, 0.6) is 0 Å². The van der Waals surface area contributed by atoms with Crippen LogP contribution in [0.25, 0.3) is 10.8 Å². The van der Waals surface area contributed by atoms with Crippen LogP contribution < -0.4 is 10.5 Å². The van der Waals surface area contributed by atoms with Gasteiger partial charge in [-0.05, 0) is 37.6 Å². The summed E-state index contributed by atoms with van der Waals surface area (Å²) in [5, 5.41) is 6.44. The summed E-state index contributed by atoms with van der Waals surface area (Å²) in [5.74, 6) is 0. The summed E-state index contributed by atoms with van der Waals surface area (Å²) < 4.78 is 2.72. The molecule has 0 saturated heterocycles. The molecule has 1 heterocycles. The minimum absolute atomic E-state index is 0.00622. The van der Waals surface area contributed by atoms with Crippen LogP contribution >= 0.6 is 15.9 Å². The summed E-state index contributed by atoms with van der Waals surface area (Å²) in [5.41, 5.74) is 2.15. The van der Waals surface area contributed by atoms with E-state index < -0.39 is 0 Å². The Kier molecular flexibility index (Phi) is 6.22. The number of fused-ring (bicyclic) bond motifs is 1. The lowest BCUT2D eigenvalue weighted by Gasteiger charge is -2.16. The molecule has 3 rings (SSSR count). The number of benzene rings is 2. The van der Waals surface area contributed by atoms with Gasteiger partial charge in [-0.2, -0.15) is 5.10 Å². The van der Waals surface area contributed by atoms with E-state index in [1.165, 1.54) is 10.5 Å². The van der Waals surface area contributed by atoms with Crippen LogP contribution in [0.4, 0.5) is 0 Å². The lowest BCUT2D eigenvalue weighted by molar-refractivity contribution is -0.897. The van der Waals surface area contributed by atoms with E-state index in [9.17, 15) is 4.79 Å². The first kappa shape index (κ1) is 18.8. The van der Waals surface area contributed by atoms with Crippen molar-refractivity contribution in [1.82, 2.24) is 9.78 Å². The van der Waals surface area contributed by atoms with Crippen molar-refractivity contribution in [3.8, 4) is 0 Å². The number of hydrogen-bond donors (Lipinski definition) is 1. The maximum absolute atomic E-state index is 12.9. The molecule has 0 aliphatic carbocycles. The van der Waals surface area contributed by atoms with Crippen LogP contribution in [-0.2, 0) is 13.0 Å². The molecule has 4 nitrogen and oxygen atoms in total. The zero-order valence-corrected chi connectivity index (χ0v) is 16.9. The van der Waals surface area contributed by atoms with Crippen molar-refractivity contribution >= 4 is 26.7 Å². The average Bonchev–Trinajstić information content (AvgIpc) is 2.67. The Balaban J connectivity index is 1.99. The Bertz CT molecular complexity index is 930. The number of hydrogen-bond acceptors (Lipinski definition) is 2. The van der Waals surface area contributed by atoms with E-state index in [4.69, 9.17) is 5.10 Å². The van der Waals surface area contributed by atoms with Crippen molar-refractivity contribution in [2.24, 2.45) is 0 Å². The van der Waals surface area contributed by atoms with Gasteiger partial charge in [0.2, 0.25) is 0 Å². The number of rotatable bonds is 7. The Labute approximate surface area is 162 Å². The second-order valence-corrected chi connectivity index (χ2v) is 7.45. The highest BCUT2D eigenvalue weighted by Gasteiger charge is 2.12. The maximum atomic E-state index is 12.9. The summed E-state index contributed by atoms with van der Waals surface area (Å²) >= 11 is 3.48. The highest BCUT2D eigenvalue weighted by atomic mass is 79.9. The van der Waals surface area contributed by atoms with E-state index in [1.807, 2.05) is 36.4 Å². The highest BCUT2D eigenvalue weighted by Crippen LogP contribution is 2.18. The molecular weight excluding hydrogens is 390 g/mol. The molecule has 0 aliphatic rings. The zero-order chi connectivity index (χ0) is 18.5. The normalized spacial score (nSPS) is 11.4. The van der Waals surface area contributed by atoms with Crippen LogP contribution in [0.3, 0.4) is 0 Å². The van der Waals surface area contributed by atoms with E-state index in [0.717, 1.165) is 40.6 Å². The largest absolute Gasteiger partial charge is 0.334 e. The van der Waals surface area contributed by atoms with E-state index in [0.29, 0.717) is 13.0 Å². The Hall–Kier alpha value is -1.98. The average molecular weight is 415 g/mol. The predicted molar refractivity (Wildman–Crippen MR) is 110 cm³/mol. The maximum Gasteiger partial charge on any atom is 0.274 e. The van der Waals surface area contributed by atoms with Crippen molar-refractivity contribution in [1.29, 1.82) is 0 Å². The van der Waals surface area contributed by atoms with Crippen molar-refractivity contribution in [3.63, 3.8) is 0 Å². The molecule has 0 radical (unpaired) electrons. The summed E-state index contributed by atoms with van der Waals surface area (Å²) in [6.07, 6.45) is 0.714. The van der Waals surface area contributed by atoms with Crippen LogP contribution in [0.2, 0.25) is 0 Å². The fourth-order valence-electron chi connectivity index (χ4n) is 3.25. The fraction of sp³-hybridized carbons (Fsp3) is 0.333. The summed E-state index contributed by atoms with van der Waals surface area (Å²) in [4.78, 5) is 14.3. The van der Waals surface area contributed by atoms with E-state index in [2.05, 4.69) is 41.9 Å². The Morgan fingerprint density at radius 3 is 2.31 bits per heavy atom. The topological polar surface area (TPSA) is 39.3 Å². The van der Waals surface area contributed by atoms with Crippen molar-refractivity contribution in [2.45, 2.75) is 26.8 Å². The zero-order valence-electron chi connectivity index (χ0n) is 15.3. The van der Waals surface area contributed by atoms with Gasteiger partial charge in [0.25, 0.3) is 5.56 Å². The van der Waals surface area contributed by atoms with E-state index in [1.54, 1.807) is 4.68 Å². The third kappa shape index (κ3) is 4.22. The van der Waals surface area contributed by atoms with E-state index >= 15 is 0 Å². The monoisotopic (exact) mass is 414 g/mol. The minimum atomic E-state index is 0.00622. The molecule has 0 fully saturated rings. The Morgan fingerprint density at radius 2 is 1.65 bits per heavy atom. The molecule has 3 aromatic rings. The number of likely N-dealkylation sites (N-methyl/N-ethyl adjacent to an activating group) is 1. The lowest BCUT2D eigenvalue weighted by atomic mass is 10.0.